The summed E-state index contributed by atoms with van der Waals surface area (Å²) in [7, 11) is 4.08. The molecule has 4 nitrogen and oxygen atoms in total. The number of rotatable bonds is 3. The lowest BCUT2D eigenvalue weighted by Crippen LogP contribution is -2.17. The fourth-order valence-electron chi connectivity index (χ4n) is 3.00. The van der Waals surface area contributed by atoms with Crippen molar-refractivity contribution in [3.8, 4) is 17.2 Å². The van der Waals surface area contributed by atoms with Gasteiger partial charge in [-0.1, -0.05) is 12.1 Å². The zero-order valence-electron chi connectivity index (χ0n) is 13.8. The van der Waals surface area contributed by atoms with Crippen LogP contribution < -0.4 is 4.74 Å². The van der Waals surface area contributed by atoms with Crippen molar-refractivity contribution < 1.29 is 14.9 Å². The van der Waals surface area contributed by atoms with E-state index in [0.717, 1.165) is 29.7 Å². The molecule has 2 aromatic rings. The van der Waals surface area contributed by atoms with Crippen LogP contribution in [0.5, 0.6) is 17.2 Å². The molecule has 0 aliphatic carbocycles. The number of halogens is 1. The van der Waals surface area contributed by atoms with Gasteiger partial charge in [0.1, 0.15) is 17.2 Å². The quantitative estimate of drug-likeness (QED) is 0.889. The first-order valence-electron chi connectivity index (χ1n) is 7.67. The highest BCUT2D eigenvalue weighted by atomic mass is 35.5. The third-order valence-corrected chi connectivity index (χ3v) is 3.89. The molecule has 0 amide bonds. The van der Waals surface area contributed by atoms with Crippen LogP contribution in [0.3, 0.4) is 0 Å². The Hall–Kier alpha value is -2.17. The summed E-state index contributed by atoms with van der Waals surface area (Å²) in [6, 6.07) is 12.5. The maximum Gasteiger partial charge on any atom is 0.130 e. The average Bonchev–Trinajstić information content (AvgIpc) is 2.65. The van der Waals surface area contributed by atoms with E-state index in [2.05, 4.69) is 4.90 Å². The Bertz CT molecular complexity index is 756. The Morgan fingerprint density at radius 3 is 2.50 bits per heavy atom. The van der Waals surface area contributed by atoms with E-state index in [4.69, 9.17) is 4.74 Å². The number of benzene rings is 2. The van der Waals surface area contributed by atoms with Crippen molar-refractivity contribution in [2.45, 2.75) is 6.42 Å². The highest BCUT2D eigenvalue weighted by Gasteiger charge is 2.21. The van der Waals surface area contributed by atoms with Gasteiger partial charge in [-0.3, -0.25) is 0 Å². The second-order valence-electron chi connectivity index (χ2n) is 6.05. The molecule has 5 heteroatoms. The summed E-state index contributed by atoms with van der Waals surface area (Å²) in [6.07, 6.45) is 0.804. The molecule has 0 atom stereocenters. The van der Waals surface area contributed by atoms with E-state index in [1.54, 1.807) is 24.3 Å². The molecule has 0 aromatic heterocycles. The largest absolute Gasteiger partial charge is 0.508 e. The molecule has 0 saturated heterocycles. The lowest BCUT2D eigenvalue weighted by molar-refractivity contribution is 0.317. The SMILES string of the molecule is CN(C)CC1=C(c2cccc(O)c2)c2ccc(O)cc2OCC1.Cl. The van der Waals surface area contributed by atoms with Crippen molar-refractivity contribution >= 4 is 18.0 Å². The molecule has 0 radical (unpaired) electrons. The molecule has 0 fully saturated rings. The molecule has 2 N–H and O–H groups in total. The van der Waals surface area contributed by atoms with Gasteiger partial charge in [0.2, 0.25) is 0 Å². The summed E-state index contributed by atoms with van der Waals surface area (Å²) in [5.74, 6) is 1.11. The molecule has 0 saturated carbocycles. The fourth-order valence-corrected chi connectivity index (χ4v) is 3.00. The zero-order chi connectivity index (χ0) is 16.4. The Labute approximate surface area is 148 Å². The summed E-state index contributed by atoms with van der Waals surface area (Å²) < 4.78 is 5.84. The molecule has 2 aromatic carbocycles. The molecule has 3 rings (SSSR count). The van der Waals surface area contributed by atoms with Crippen LogP contribution in [0.4, 0.5) is 0 Å². The minimum absolute atomic E-state index is 0. The van der Waals surface area contributed by atoms with Gasteiger partial charge in [-0.2, -0.15) is 0 Å². The topological polar surface area (TPSA) is 52.9 Å². The van der Waals surface area contributed by atoms with Gasteiger partial charge in [-0.25, -0.2) is 0 Å². The second-order valence-corrected chi connectivity index (χ2v) is 6.05. The lowest BCUT2D eigenvalue weighted by Gasteiger charge is -2.18. The van der Waals surface area contributed by atoms with Crippen LogP contribution in [0.1, 0.15) is 17.5 Å². The van der Waals surface area contributed by atoms with E-state index in [-0.39, 0.29) is 23.9 Å². The predicted octanol–water partition coefficient (Wildman–Crippen LogP) is 3.67. The highest BCUT2D eigenvalue weighted by molar-refractivity contribution is 5.86. The van der Waals surface area contributed by atoms with Crippen molar-refractivity contribution in [3.63, 3.8) is 0 Å². The molecule has 1 aliphatic heterocycles. The molecule has 1 aliphatic rings. The molecule has 0 unspecified atom stereocenters. The van der Waals surface area contributed by atoms with Crippen LogP contribution in [0.2, 0.25) is 0 Å². The van der Waals surface area contributed by atoms with Gasteiger partial charge in [0, 0.05) is 24.6 Å². The average molecular weight is 348 g/mol. The standard InChI is InChI=1S/C19H21NO3.ClH/c1-20(2)12-14-8-9-23-18-11-16(22)6-7-17(18)19(14)13-4-3-5-15(21)10-13;/h3-7,10-11,21-22H,8-9,12H2,1-2H3;1H. The molecule has 0 spiro atoms. The third-order valence-electron chi connectivity index (χ3n) is 3.89. The number of aromatic hydroxyl groups is 2. The number of fused-ring (bicyclic) bond motifs is 1. The van der Waals surface area contributed by atoms with Crippen LogP contribution >= 0.6 is 12.4 Å². The van der Waals surface area contributed by atoms with Crippen molar-refractivity contribution in [2.75, 3.05) is 27.2 Å². The van der Waals surface area contributed by atoms with E-state index >= 15 is 0 Å². The van der Waals surface area contributed by atoms with Gasteiger partial charge >= 0.3 is 0 Å². The number of likely N-dealkylation sites (N-methyl/N-ethyl adjacent to an activating group) is 1. The Morgan fingerprint density at radius 2 is 1.79 bits per heavy atom. The van der Waals surface area contributed by atoms with E-state index in [1.165, 1.54) is 5.57 Å². The summed E-state index contributed by atoms with van der Waals surface area (Å²) in [4.78, 5) is 2.13. The van der Waals surface area contributed by atoms with E-state index in [9.17, 15) is 10.2 Å². The van der Waals surface area contributed by atoms with E-state index < -0.39 is 0 Å². The molecular weight excluding hydrogens is 326 g/mol. The number of hydrogen-bond donors (Lipinski definition) is 2. The molecular formula is C19H22ClNO3. The molecule has 24 heavy (non-hydrogen) atoms. The smallest absolute Gasteiger partial charge is 0.130 e. The maximum atomic E-state index is 9.87. The number of hydrogen-bond acceptors (Lipinski definition) is 4. The van der Waals surface area contributed by atoms with Crippen LogP contribution in [0.25, 0.3) is 5.57 Å². The highest BCUT2D eigenvalue weighted by Crippen LogP contribution is 2.39. The van der Waals surface area contributed by atoms with Gasteiger partial charge in [0.15, 0.2) is 0 Å². The maximum absolute atomic E-state index is 9.87. The Kier molecular flexibility index (Phi) is 5.75. The van der Waals surface area contributed by atoms with Gasteiger partial charge in [-0.05, 0) is 55.1 Å². The first kappa shape index (κ1) is 18.2. The summed E-state index contributed by atoms with van der Waals surface area (Å²) in [5.41, 5.74) is 4.23. The zero-order valence-corrected chi connectivity index (χ0v) is 14.6. The fraction of sp³-hybridized carbons (Fsp3) is 0.263. The van der Waals surface area contributed by atoms with Crippen LogP contribution in [0, 0.1) is 0 Å². The normalized spacial score (nSPS) is 13.8. The summed E-state index contributed by atoms with van der Waals surface area (Å²) in [5, 5.41) is 19.6. The van der Waals surface area contributed by atoms with Gasteiger partial charge in [-0.15, -0.1) is 12.4 Å². The van der Waals surface area contributed by atoms with Crippen molar-refractivity contribution in [2.24, 2.45) is 0 Å². The number of nitrogens with zero attached hydrogens (tertiary/aromatic N) is 1. The molecule has 128 valence electrons. The van der Waals surface area contributed by atoms with Crippen LogP contribution in [0.15, 0.2) is 48.0 Å². The predicted molar refractivity (Wildman–Crippen MR) is 98.1 cm³/mol. The molecule has 0 bridgehead atoms. The van der Waals surface area contributed by atoms with Crippen LogP contribution in [-0.2, 0) is 0 Å². The number of phenolic OH excluding ortho intramolecular Hbond substituents is 2. The van der Waals surface area contributed by atoms with Gasteiger partial charge in [0.05, 0.1) is 6.61 Å². The van der Waals surface area contributed by atoms with Gasteiger partial charge < -0.3 is 19.8 Å². The monoisotopic (exact) mass is 347 g/mol. The van der Waals surface area contributed by atoms with Gasteiger partial charge in [0.25, 0.3) is 0 Å². The van der Waals surface area contributed by atoms with E-state index in [0.29, 0.717) is 12.4 Å². The first-order chi connectivity index (χ1) is 11.0. The van der Waals surface area contributed by atoms with E-state index in [1.807, 2.05) is 32.3 Å². The lowest BCUT2D eigenvalue weighted by atomic mass is 9.91. The molecule has 1 heterocycles. The first-order valence-corrected chi connectivity index (χ1v) is 7.67. The third kappa shape index (κ3) is 3.83. The second kappa shape index (κ2) is 7.60. The minimum atomic E-state index is 0. The summed E-state index contributed by atoms with van der Waals surface area (Å²) in [6.45, 7) is 1.39. The van der Waals surface area contributed by atoms with Crippen molar-refractivity contribution in [3.05, 3.63) is 59.2 Å². The van der Waals surface area contributed by atoms with Crippen molar-refractivity contribution in [1.29, 1.82) is 0 Å². The van der Waals surface area contributed by atoms with Crippen LogP contribution in [-0.4, -0.2) is 42.4 Å². The Morgan fingerprint density at radius 1 is 1.04 bits per heavy atom. The number of ether oxygens (including phenoxy) is 1. The number of phenols is 2. The minimum Gasteiger partial charge on any atom is -0.508 e. The summed E-state index contributed by atoms with van der Waals surface area (Å²) >= 11 is 0. The Balaban J connectivity index is 0.00000208. The van der Waals surface area contributed by atoms with Crippen molar-refractivity contribution in [1.82, 2.24) is 4.90 Å².